The third kappa shape index (κ3) is 2.76. The van der Waals surface area contributed by atoms with Crippen molar-refractivity contribution in [2.75, 3.05) is 7.11 Å². The Morgan fingerprint density at radius 1 is 1.38 bits per heavy atom. The summed E-state index contributed by atoms with van der Waals surface area (Å²) < 4.78 is 11.6. The number of aromatic nitrogens is 2. The molecule has 3 aromatic heterocycles. The minimum Gasteiger partial charge on any atom is -0.504 e. The number of benzene rings is 1. The van der Waals surface area contributed by atoms with E-state index in [-0.39, 0.29) is 11.3 Å². The second-order valence-electron chi connectivity index (χ2n) is 5.38. The number of fused-ring (bicyclic) bond motifs is 1. The van der Waals surface area contributed by atoms with Crippen LogP contribution in [0.2, 0.25) is 0 Å². The molecular formula is C18H13N3O4S. The van der Waals surface area contributed by atoms with E-state index in [0.29, 0.717) is 32.9 Å². The maximum Gasteiger partial charge on any atom is 0.283 e. The zero-order chi connectivity index (χ0) is 18.1. The highest BCUT2D eigenvalue weighted by molar-refractivity contribution is 7.17. The number of hydrogen-bond donors (Lipinski definition) is 1. The predicted molar refractivity (Wildman–Crippen MR) is 99.2 cm³/mol. The highest BCUT2D eigenvalue weighted by Gasteiger charge is 2.14. The van der Waals surface area contributed by atoms with Crippen molar-refractivity contribution >= 4 is 27.8 Å². The number of thiophene rings is 1. The fraction of sp³-hybridized carbons (Fsp3) is 0.0556. The molecule has 0 atom stereocenters. The molecular weight excluding hydrogens is 354 g/mol. The minimum absolute atomic E-state index is 0.00434. The molecule has 130 valence electrons. The van der Waals surface area contributed by atoms with Crippen molar-refractivity contribution in [3.63, 3.8) is 0 Å². The molecule has 7 nitrogen and oxygen atoms in total. The van der Waals surface area contributed by atoms with Crippen LogP contribution < -0.4 is 10.3 Å². The largest absolute Gasteiger partial charge is 0.504 e. The molecule has 0 aliphatic carbocycles. The number of phenolic OH excluding ortho intramolecular Hbond substituents is 1. The number of ether oxygens (including phenoxy) is 1. The summed E-state index contributed by atoms with van der Waals surface area (Å²) in [5.41, 5.74) is 1.02. The van der Waals surface area contributed by atoms with E-state index >= 15 is 0 Å². The van der Waals surface area contributed by atoms with E-state index in [9.17, 15) is 9.90 Å². The smallest absolute Gasteiger partial charge is 0.283 e. The molecule has 8 heteroatoms. The van der Waals surface area contributed by atoms with Crippen molar-refractivity contribution in [1.82, 2.24) is 9.66 Å². The fourth-order valence-electron chi connectivity index (χ4n) is 2.54. The fourth-order valence-corrected chi connectivity index (χ4v) is 3.42. The molecule has 0 aliphatic rings. The first-order chi connectivity index (χ1) is 12.7. The van der Waals surface area contributed by atoms with Gasteiger partial charge in [-0.3, -0.25) is 4.79 Å². The van der Waals surface area contributed by atoms with Gasteiger partial charge in [0, 0.05) is 10.9 Å². The van der Waals surface area contributed by atoms with E-state index in [0.717, 1.165) is 4.68 Å². The maximum absolute atomic E-state index is 12.8. The number of hydrogen-bond acceptors (Lipinski definition) is 7. The second-order valence-corrected chi connectivity index (χ2v) is 6.24. The first-order valence-electron chi connectivity index (χ1n) is 7.61. The van der Waals surface area contributed by atoms with Gasteiger partial charge in [0.25, 0.3) is 5.56 Å². The van der Waals surface area contributed by atoms with Crippen LogP contribution in [0.4, 0.5) is 0 Å². The number of rotatable bonds is 4. The first-order valence-corrected chi connectivity index (χ1v) is 8.49. The standard InChI is InChI=1S/C18H13N3O4S/c1-24-15-5-4-11(7-13(15)22)8-20-21-10-19-17-16(18(21)23)12(9-26-17)14-3-2-6-25-14/h2-10,22H,1H3/b20-8-. The van der Waals surface area contributed by atoms with Gasteiger partial charge in [-0.05, 0) is 35.9 Å². The Kier molecular flexibility index (Phi) is 4.02. The van der Waals surface area contributed by atoms with Gasteiger partial charge >= 0.3 is 0 Å². The minimum atomic E-state index is -0.295. The summed E-state index contributed by atoms with van der Waals surface area (Å²) in [5, 5.41) is 16.3. The van der Waals surface area contributed by atoms with Gasteiger partial charge in [-0.25, -0.2) is 4.98 Å². The Labute approximate surface area is 151 Å². The molecule has 4 rings (SSSR count). The Morgan fingerprint density at radius 3 is 3.00 bits per heavy atom. The van der Waals surface area contributed by atoms with Gasteiger partial charge < -0.3 is 14.3 Å². The third-order valence-corrected chi connectivity index (χ3v) is 4.69. The van der Waals surface area contributed by atoms with E-state index < -0.39 is 0 Å². The number of phenols is 1. The zero-order valence-electron chi connectivity index (χ0n) is 13.6. The molecule has 0 spiro atoms. The molecule has 26 heavy (non-hydrogen) atoms. The molecule has 0 saturated heterocycles. The van der Waals surface area contributed by atoms with Crippen LogP contribution in [-0.2, 0) is 0 Å². The van der Waals surface area contributed by atoms with E-state index in [1.165, 1.54) is 37.1 Å². The summed E-state index contributed by atoms with van der Waals surface area (Å²) >= 11 is 1.37. The lowest BCUT2D eigenvalue weighted by molar-refractivity contribution is 0.373. The van der Waals surface area contributed by atoms with Gasteiger partial charge in [0.1, 0.15) is 16.9 Å². The third-order valence-electron chi connectivity index (χ3n) is 3.80. The summed E-state index contributed by atoms with van der Waals surface area (Å²) in [6.45, 7) is 0. The summed E-state index contributed by atoms with van der Waals surface area (Å²) in [7, 11) is 1.47. The number of methoxy groups -OCH3 is 1. The van der Waals surface area contributed by atoms with Gasteiger partial charge in [0.2, 0.25) is 0 Å². The summed E-state index contributed by atoms with van der Waals surface area (Å²) in [4.78, 5) is 17.7. The predicted octanol–water partition coefficient (Wildman–Crippen LogP) is 3.31. The van der Waals surface area contributed by atoms with Crippen LogP contribution in [-0.4, -0.2) is 28.1 Å². The summed E-state index contributed by atoms with van der Waals surface area (Å²) in [5.74, 6) is 0.969. The molecule has 0 radical (unpaired) electrons. The topological polar surface area (TPSA) is 89.9 Å². The highest BCUT2D eigenvalue weighted by atomic mass is 32.1. The van der Waals surface area contributed by atoms with Crippen LogP contribution in [0.15, 0.2) is 62.6 Å². The molecule has 0 saturated carbocycles. The van der Waals surface area contributed by atoms with Crippen molar-refractivity contribution in [1.29, 1.82) is 0 Å². The monoisotopic (exact) mass is 367 g/mol. The molecule has 4 aromatic rings. The quantitative estimate of drug-likeness (QED) is 0.559. The lowest BCUT2D eigenvalue weighted by Gasteiger charge is -2.03. The van der Waals surface area contributed by atoms with E-state index in [4.69, 9.17) is 9.15 Å². The Hall–Kier alpha value is -3.39. The number of nitrogens with zero attached hydrogens (tertiary/aromatic N) is 3. The second kappa shape index (κ2) is 6.49. The molecule has 0 bridgehead atoms. The van der Waals surface area contributed by atoms with E-state index in [2.05, 4.69) is 10.1 Å². The Bertz CT molecular complexity index is 1160. The van der Waals surface area contributed by atoms with Gasteiger partial charge in [0.05, 0.1) is 25.0 Å². The van der Waals surface area contributed by atoms with Crippen LogP contribution in [0.5, 0.6) is 11.5 Å². The van der Waals surface area contributed by atoms with Gasteiger partial charge in [-0.15, -0.1) is 11.3 Å². The van der Waals surface area contributed by atoms with Crippen molar-refractivity contribution in [2.24, 2.45) is 5.10 Å². The van der Waals surface area contributed by atoms with E-state index in [1.54, 1.807) is 30.5 Å². The normalized spacial score (nSPS) is 11.4. The van der Waals surface area contributed by atoms with Crippen molar-refractivity contribution in [3.05, 3.63) is 64.2 Å². The lowest BCUT2D eigenvalue weighted by Crippen LogP contribution is -2.16. The average molecular weight is 367 g/mol. The van der Waals surface area contributed by atoms with Crippen LogP contribution in [0, 0.1) is 0 Å². The molecule has 0 unspecified atom stereocenters. The van der Waals surface area contributed by atoms with E-state index in [1.807, 2.05) is 5.38 Å². The van der Waals surface area contributed by atoms with Crippen molar-refractivity contribution in [3.8, 4) is 22.8 Å². The lowest BCUT2D eigenvalue weighted by atomic mass is 10.2. The first kappa shape index (κ1) is 16.1. The van der Waals surface area contributed by atoms with Crippen molar-refractivity contribution in [2.45, 2.75) is 0 Å². The van der Waals surface area contributed by atoms with Crippen LogP contribution in [0.25, 0.3) is 21.5 Å². The average Bonchev–Trinajstić information content (AvgIpc) is 3.31. The maximum atomic E-state index is 12.8. The van der Waals surface area contributed by atoms with Gasteiger partial charge in [-0.1, -0.05) is 0 Å². The number of aromatic hydroxyl groups is 1. The summed E-state index contributed by atoms with van der Waals surface area (Å²) in [6.07, 6.45) is 4.39. The molecule has 3 heterocycles. The molecule has 0 amide bonds. The summed E-state index contributed by atoms with van der Waals surface area (Å²) in [6, 6.07) is 8.40. The van der Waals surface area contributed by atoms with Crippen molar-refractivity contribution < 1.29 is 14.3 Å². The van der Waals surface area contributed by atoms with Gasteiger partial charge in [0.15, 0.2) is 11.5 Å². The Morgan fingerprint density at radius 2 is 2.27 bits per heavy atom. The van der Waals surface area contributed by atoms with Crippen LogP contribution >= 0.6 is 11.3 Å². The zero-order valence-corrected chi connectivity index (χ0v) is 14.4. The van der Waals surface area contributed by atoms with Crippen LogP contribution in [0.1, 0.15) is 5.56 Å². The SMILES string of the molecule is COc1ccc(/C=N\n2cnc3scc(-c4ccco4)c3c2=O)cc1O. The molecule has 1 aromatic carbocycles. The Balaban J connectivity index is 1.75. The highest BCUT2D eigenvalue weighted by Crippen LogP contribution is 2.30. The van der Waals surface area contributed by atoms with Crippen LogP contribution in [0.3, 0.4) is 0 Å². The van der Waals surface area contributed by atoms with Gasteiger partial charge in [-0.2, -0.15) is 9.78 Å². The molecule has 0 fully saturated rings. The molecule has 0 aliphatic heterocycles. The number of furan rings is 1. The molecule has 1 N–H and O–H groups in total.